The molecule has 26 heavy (non-hydrogen) atoms. The molecule has 2 heterocycles. The predicted molar refractivity (Wildman–Crippen MR) is 107 cm³/mol. The van der Waals surface area contributed by atoms with Gasteiger partial charge in [-0.05, 0) is 50.6 Å². The maximum atomic E-state index is 12.0. The van der Waals surface area contributed by atoms with Crippen LogP contribution in [0, 0.1) is 0 Å². The highest BCUT2D eigenvalue weighted by molar-refractivity contribution is 6.33. The van der Waals surface area contributed by atoms with Gasteiger partial charge in [0, 0.05) is 41.8 Å². The molecule has 1 aliphatic rings. The Morgan fingerprint density at radius 3 is 2.69 bits per heavy atom. The molecule has 0 saturated heterocycles. The lowest BCUT2D eigenvalue weighted by molar-refractivity contribution is 0.0955. The quantitative estimate of drug-likeness (QED) is 0.654. The number of hydrogen-bond donors (Lipinski definition) is 1. The van der Waals surface area contributed by atoms with Gasteiger partial charge >= 0.3 is 0 Å². The normalized spacial score (nSPS) is 15.6. The van der Waals surface area contributed by atoms with Gasteiger partial charge in [-0.1, -0.05) is 17.7 Å². The Morgan fingerprint density at radius 2 is 2.00 bits per heavy atom. The minimum Gasteiger partial charge on any atom is -0.365 e. The molecular weight excluding hydrogens is 348 g/mol. The van der Waals surface area contributed by atoms with Crippen LogP contribution in [0.4, 0.5) is 5.69 Å². The van der Waals surface area contributed by atoms with Crippen molar-refractivity contribution < 1.29 is 4.79 Å². The molecule has 0 bridgehead atoms. The van der Waals surface area contributed by atoms with Crippen LogP contribution in [-0.4, -0.2) is 29.7 Å². The molecule has 0 aliphatic carbocycles. The number of amides is 1. The van der Waals surface area contributed by atoms with Crippen molar-refractivity contribution in [2.24, 2.45) is 5.10 Å². The fourth-order valence-corrected chi connectivity index (χ4v) is 3.22. The van der Waals surface area contributed by atoms with E-state index in [0.717, 1.165) is 16.8 Å². The summed E-state index contributed by atoms with van der Waals surface area (Å²) in [5.41, 5.74) is 7.06. The molecular formula is C20H21ClN4O. The highest BCUT2D eigenvalue weighted by Crippen LogP contribution is 2.40. The molecule has 2 aromatic rings. The second-order valence-electron chi connectivity index (χ2n) is 6.87. The zero-order chi connectivity index (χ0) is 18.9. The SMILES string of the molecule is CC1=CC(C)(C)N(C)c2cc(Cl)c(/C=N\NC(=O)c3ccncc3)cc21. The van der Waals surface area contributed by atoms with Crippen molar-refractivity contribution in [2.75, 3.05) is 11.9 Å². The molecule has 1 aromatic carbocycles. The minimum atomic E-state index is -0.296. The van der Waals surface area contributed by atoms with Gasteiger partial charge in [0.15, 0.2) is 0 Å². The zero-order valence-electron chi connectivity index (χ0n) is 15.2. The van der Waals surface area contributed by atoms with Crippen LogP contribution in [0.5, 0.6) is 0 Å². The number of carbonyl (C=O) groups is 1. The number of benzene rings is 1. The van der Waals surface area contributed by atoms with Gasteiger partial charge in [0.2, 0.25) is 0 Å². The van der Waals surface area contributed by atoms with Crippen molar-refractivity contribution in [3.05, 3.63) is 64.4 Å². The second-order valence-corrected chi connectivity index (χ2v) is 7.27. The van der Waals surface area contributed by atoms with Crippen LogP contribution in [0.2, 0.25) is 5.02 Å². The first-order chi connectivity index (χ1) is 12.3. The van der Waals surface area contributed by atoms with Crippen molar-refractivity contribution in [3.63, 3.8) is 0 Å². The van der Waals surface area contributed by atoms with E-state index in [4.69, 9.17) is 11.6 Å². The molecule has 1 aromatic heterocycles. The summed E-state index contributed by atoms with van der Waals surface area (Å²) in [4.78, 5) is 18.1. The number of rotatable bonds is 3. The fourth-order valence-electron chi connectivity index (χ4n) is 3.01. The number of likely N-dealkylation sites (N-methyl/N-ethyl adjacent to an activating group) is 1. The monoisotopic (exact) mass is 368 g/mol. The third-order valence-electron chi connectivity index (χ3n) is 4.65. The fraction of sp³-hybridized carbons (Fsp3) is 0.250. The molecule has 3 rings (SSSR count). The maximum Gasteiger partial charge on any atom is 0.271 e. The van der Waals surface area contributed by atoms with Gasteiger partial charge in [-0.3, -0.25) is 9.78 Å². The van der Waals surface area contributed by atoms with E-state index in [1.807, 2.05) is 12.1 Å². The number of nitrogens with zero attached hydrogens (tertiary/aromatic N) is 3. The lowest BCUT2D eigenvalue weighted by Gasteiger charge is -2.40. The third kappa shape index (κ3) is 3.48. The standard InChI is InChI=1S/C20H21ClN4O/c1-13-11-20(2,3)25(4)18-10-17(21)15(9-16(13)18)12-23-24-19(26)14-5-7-22-8-6-14/h5-12H,1-4H3,(H,24,26)/b23-12-. The summed E-state index contributed by atoms with van der Waals surface area (Å²) in [6.07, 6.45) is 6.92. The Bertz CT molecular complexity index is 904. The lowest BCUT2D eigenvalue weighted by Crippen LogP contribution is -2.42. The van der Waals surface area contributed by atoms with Crippen LogP contribution in [-0.2, 0) is 0 Å². The molecule has 0 saturated carbocycles. The van der Waals surface area contributed by atoms with E-state index >= 15 is 0 Å². The zero-order valence-corrected chi connectivity index (χ0v) is 16.0. The number of halogens is 1. The molecule has 1 aliphatic heterocycles. The molecule has 0 fully saturated rings. The summed E-state index contributed by atoms with van der Waals surface area (Å²) in [5, 5.41) is 4.62. The van der Waals surface area contributed by atoms with Crippen molar-refractivity contribution in [2.45, 2.75) is 26.3 Å². The average molecular weight is 369 g/mol. The van der Waals surface area contributed by atoms with E-state index in [9.17, 15) is 4.79 Å². The van der Waals surface area contributed by atoms with Gasteiger partial charge in [-0.15, -0.1) is 0 Å². The largest absolute Gasteiger partial charge is 0.365 e. The summed E-state index contributed by atoms with van der Waals surface area (Å²) in [7, 11) is 2.06. The van der Waals surface area contributed by atoms with E-state index in [2.05, 4.69) is 54.3 Å². The minimum absolute atomic E-state index is 0.0749. The van der Waals surface area contributed by atoms with Crippen molar-refractivity contribution >= 4 is 35.0 Å². The van der Waals surface area contributed by atoms with Crippen LogP contribution in [0.3, 0.4) is 0 Å². The van der Waals surface area contributed by atoms with Crippen molar-refractivity contribution in [1.82, 2.24) is 10.4 Å². The van der Waals surface area contributed by atoms with E-state index in [0.29, 0.717) is 10.6 Å². The van der Waals surface area contributed by atoms with E-state index in [-0.39, 0.29) is 11.4 Å². The Labute approximate surface area is 158 Å². The number of allylic oxidation sites excluding steroid dienone is 1. The number of pyridine rings is 1. The van der Waals surface area contributed by atoms with Crippen LogP contribution >= 0.6 is 11.6 Å². The first kappa shape index (κ1) is 18.1. The predicted octanol–water partition coefficient (Wildman–Crippen LogP) is 4.13. The van der Waals surface area contributed by atoms with Gasteiger partial charge in [-0.2, -0.15) is 5.10 Å². The maximum absolute atomic E-state index is 12.0. The molecule has 0 radical (unpaired) electrons. The van der Waals surface area contributed by atoms with Gasteiger partial charge in [0.1, 0.15) is 0 Å². The average Bonchev–Trinajstić information content (AvgIpc) is 2.61. The number of nitrogens with one attached hydrogen (secondary N) is 1. The van der Waals surface area contributed by atoms with E-state index < -0.39 is 0 Å². The summed E-state index contributed by atoms with van der Waals surface area (Å²) in [6, 6.07) is 7.20. The van der Waals surface area contributed by atoms with Gasteiger partial charge in [-0.25, -0.2) is 5.43 Å². The smallest absolute Gasteiger partial charge is 0.271 e. The van der Waals surface area contributed by atoms with Gasteiger partial charge in [0.25, 0.3) is 5.91 Å². The van der Waals surface area contributed by atoms with Crippen LogP contribution in [0.25, 0.3) is 5.57 Å². The molecule has 0 atom stereocenters. The first-order valence-corrected chi connectivity index (χ1v) is 8.68. The number of fused-ring (bicyclic) bond motifs is 1. The number of aromatic nitrogens is 1. The van der Waals surface area contributed by atoms with Crippen LogP contribution < -0.4 is 10.3 Å². The molecule has 1 amide bonds. The highest BCUT2D eigenvalue weighted by atomic mass is 35.5. The summed E-state index contributed by atoms with van der Waals surface area (Å²) < 4.78 is 0. The number of hydrogen-bond acceptors (Lipinski definition) is 4. The highest BCUT2D eigenvalue weighted by Gasteiger charge is 2.29. The van der Waals surface area contributed by atoms with Crippen molar-refractivity contribution in [3.8, 4) is 0 Å². The Morgan fingerprint density at radius 1 is 1.31 bits per heavy atom. The van der Waals surface area contributed by atoms with Crippen LogP contribution in [0.15, 0.2) is 47.8 Å². The van der Waals surface area contributed by atoms with E-state index in [1.165, 1.54) is 5.57 Å². The lowest BCUT2D eigenvalue weighted by atomic mass is 9.88. The second kappa shape index (κ2) is 6.92. The molecule has 6 heteroatoms. The topological polar surface area (TPSA) is 57.6 Å². The number of anilines is 1. The van der Waals surface area contributed by atoms with Crippen molar-refractivity contribution in [1.29, 1.82) is 0 Å². The van der Waals surface area contributed by atoms with Gasteiger partial charge < -0.3 is 4.90 Å². The molecule has 5 nitrogen and oxygen atoms in total. The Kier molecular flexibility index (Phi) is 4.83. The van der Waals surface area contributed by atoms with Crippen LogP contribution in [0.1, 0.15) is 42.3 Å². The summed E-state index contributed by atoms with van der Waals surface area (Å²) in [6.45, 7) is 6.42. The van der Waals surface area contributed by atoms with Gasteiger partial charge in [0.05, 0.1) is 16.8 Å². The molecule has 0 unspecified atom stereocenters. The molecule has 1 N–H and O–H groups in total. The third-order valence-corrected chi connectivity index (χ3v) is 4.97. The first-order valence-electron chi connectivity index (χ1n) is 8.30. The number of carbonyl (C=O) groups excluding carboxylic acids is 1. The molecule has 134 valence electrons. The Hall–Kier alpha value is -2.66. The van der Waals surface area contributed by atoms with E-state index in [1.54, 1.807) is 30.7 Å². The number of hydrazone groups is 1. The summed E-state index contributed by atoms with van der Waals surface area (Å²) >= 11 is 6.44. The molecule has 0 spiro atoms. The summed E-state index contributed by atoms with van der Waals surface area (Å²) in [5.74, 6) is -0.296. The Balaban J connectivity index is 1.84.